The van der Waals surface area contributed by atoms with Crippen molar-refractivity contribution < 1.29 is 0 Å². The first kappa shape index (κ1) is 8.75. The Morgan fingerprint density at radius 2 is 2.15 bits per heavy atom. The van der Waals surface area contributed by atoms with Gasteiger partial charge in [0.1, 0.15) is 5.82 Å². The van der Waals surface area contributed by atoms with Gasteiger partial charge in [0.2, 0.25) is 0 Å². The first-order chi connectivity index (χ1) is 6.36. The van der Waals surface area contributed by atoms with Crippen LogP contribution < -0.4 is 5.32 Å². The van der Waals surface area contributed by atoms with E-state index < -0.39 is 0 Å². The van der Waals surface area contributed by atoms with Crippen LogP contribution in [0.15, 0.2) is 35.0 Å². The number of nitrogens with one attached hydrogen (secondary N) is 1. The summed E-state index contributed by atoms with van der Waals surface area (Å²) < 4.78 is 1.03. The zero-order valence-corrected chi connectivity index (χ0v) is 8.79. The highest BCUT2D eigenvalue weighted by atomic mass is 79.9. The van der Waals surface area contributed by atoms with Gasteiger partial charge in [0.25, 0.3) is 0 Å². The maximum absolute atomic E-state index is 4.26. The van der Waals surface area contributed by atoms with Gasteiger partial charge in [-0.2, -0.15) is 0 Å². The molecule has 0 spiro atoms. The minimum atomic E-state index is 0.520. The average molecular weight is 239 g/mol. The number of anilines is 1. The van der Waals surface area contributed by atoms with E-state index in [4.69, 9.17) is 0 Å². The summed E-state index contributed by atoms with van der Waals surface area (Å²) in [6, 6.07) is 4.44. The van der Waals surface area contributed by atoms with Gasteiger partial charge in [-0.05, 0) is 40.9 Å². The standard InChI is InChI=1S/C10H11BrN2/c11-9-6-3-7-12-10(9)13-8-4-1-2-5-8/h1-3,6-8H,4-5H2,(H,12,13). The first-order valence-electron chi connectivity index (χ1n) is 4.38. The maximum Gasteiger partial charge on any atom is 0.140 e. The predicted octanol–water partition coefficient (Wildman–Crippen LogP) is 2.97. The van der Waals surface area contributed by atoms with Gasteiger partial charge in [-0.25, -0.2) is 4.98 Å². The van der Waals surface area contributed by atoms with Crippen LogP contribution in [0.5, 0.6) is 0 Å². The fourth-order valence-electron chi connectivity index (χ4n) is 1.42. The largest absolute Gasteiger partial charge is 0.366 e. The molecule has 2 rings (SSSR count). The van der Waals surface area contributed by atoms with Crippen LogP contribution >= 0.6 is 15.9 Å². The lowest BCUT2D eigenvalue weighted by Crippen LogP contribution is -2.16. The van der Waals surface area contributed by atoms with E-state index in [9.17, 15) is 0 Å². The molecule has 1 aromatic rings. The van der Waals surface area contributed by atoms with Crippen LogP contribution in [0.2, 0.25) is 0 Å². The van der Waals surface area contributed by atoms with Gasteiger partial charge in [0, 0.05) is 12.2 Å². The second kappa shape index (κ2) is 3.92. The van der Waals surface area contributed by atoms with Gasteiger partial charge < -0.3 is 5.32 Å². The highest BCUT2D eigenvalue weighted by Crippen LogP contribution is 2.22. The van der Waals surface area contributed by atoms with E-state index in [1.807, 2.05) is 12.1 Å². The number of nitrogens with zero attached hydrogens (tertiary/aromatic N) is 1. The van der Waals surface area contributed by atoms with Gasteiger partial charge in [-0.15, -0.1) is 0 Å². The summed E-state index contributed by atoms with van der Waals surface area (Å²) in [6.07, 6.45) is 8.41. The Labute approximate surface area is 86.2 Å². The number of rotatable bonds is 2. The van der Waals surface area contributed by atoms with Gasteiger partial charge in [0.15, 0.2) is 0 Å². The molecule has 1 aliphatic rings. The molecular weight excluding hydrogens is 228 g/mol. The Morgan fingerprint density at radius 3 is 2.85 bits per heavy atom. The predicted molar refractivity (Wildman–Crippen MR) is 57.7 cm³/mol. The lowest BCUT2D eigenvalue weighted by atomic mass is 10.2. The number of pyridine rings is 1. The summed E-state index contributed by atoms with van der Waals surface area (Å²) in [7, 11) is 0. The van der Waals surface area contributed by atoms with Crippen LogP contribution in [-0.4, -0.2) is 11.0 Å². The molecule has 0 atom stereocenters. The van der Waals surface area contributed by atoms with Crippen molar-refractivity contribution in [1.29, 1.82) is 0 Å². The van der Waals surface area contributed by atoms with Crippen molar-refractivity contribution in [2.75, 3.05) is 5.32 Å². The lowest BCUT2D eigenvalue weighted by molar-refractivity contribution is 0.780. The summed E-state index contributed by atoms with van der Waals surface area (Å²) in [4.78, 5) is 4.26. The Balaban J connectivity index is 2.05. The number of aromatic nitrogens is 1. The molecule has 0 saturated heterocycles. The van der Waals surface area contributed by atoms with Gasteiger partial charge in [-0.1, -0.05) is 12.2 Å². The average Bonchev–Trinajstić information content (AvgIpc) is 2.61. The zero-order valence-electron chi connectivity index (χ0n) is 7.20. The molecule has 0 bridgehead atoms. The van der Waals surface area contributed by atoms with Crippen molar-refractivity contribution in [2.45, 2.75) is 18.9 Å². The molecule has 0 saturated carbocycles. The van der Waals surface area contributed by atoms with E-state index in [2.05, 4.69) is 38.4 Å². The Bertz CT molecular complexity index is 314. The highest BCUT2D eigenvalue weighted by Gasteiger charge is 2.11. The molecule has 13 heavy (non-hydrogen) atoms. The molecule has 1 aliphatic carbocycles. The smallest absolute Gasteiger partial charge is 0.140 e. The van der Waals surface area contributed by atoms with Crippen molar-refractivity contribution >= 4 is 21.7 Å². The number of hydrogen-bond acceptors (Lipinski definition) is 2. The maximum atomic E-state index is 4.26. The van der Waals surface area contributed by atoms with Crippen LogP contribution in [0.25, 0.3) is 0 Å². The molecule has 2 nitrogen and oxygen atoms in total. The number of hydrogen-bond donors (Lipinski definition) is 1. The molecule has 1 heterocycles. The van der Waals surface area contributed by atoms with E-state index in [-0.39, 0.29) is 0 Å². The molecule has 0 amide bonds. The second-order valence-electron chi connectivity index (χ2n) is 3.12. The van der Waals surface area contributed by atoms with Crippen molar-refractivity contribution in [3.8, 4) is 0 Å². The zero-order chi connectivity index (χ0) is 9.10. The van der Waals surface area contributed by atoms with E-state index in [0.29, 0.717) is 6.04 Å². The molecule has 0 fully saturated rings. The molecule has 0 aromatic carbocycles. The van der Waals surface area contributed by atoms with Crippen LogP contribution in [-0.2, 0) is 0 Å². The minimum absolute atomic E-state index is 0.520. The molecule has 68 valence electrons. The summed E-state index contributed by atoms with van der Waals surface area (Å²) in [6.45, 7) is 0. The third-order valence-corrected chi connectivity index (χ3v) is 2.75. The Hall–Kier alpha value is -0.830. The molecule has 3 heteroatoms. The van der Waals surface area contributed by atoms with E-state index in [0.717, 1.165) is 23.1 Å². The molecule has 0 unspecified atom stereocenters. The molecule has 0 radical (unpaired) electrons. The monoisotopic (exact) mass is 238 g/mol. The van der Waals surface area contributed by atoms with Crippen LogP contribution in [0.1, 0.15) is 12.8 Å². The molecule has 0 aliphatic heterocycles. The van der Waals surface area contributed by atoms with Crippen LogP contribution in [0.3, 0.4) is 0 Å². The fraction of sp³-hybridized carbons (Fsp3) is 0.300. The molecule has 1 aromatic heterocycles. The normalized spacial score (nSPS) is 16.4. The quantitative estimate of drug-likeness (QED) is 0.802. The third-order valence-electron chi connectivity index (χ3n) is 2.11. The SMILES string of the molecule is Brc1cccnc1NC1CC=CC1. The van der Waals surface area contributed by atoms with Crippen molar-refractivity contribution in [1.82, 2.24) is 4.98 Å². The van der Waals surface area contributed by atoms with Crippen LogP contribution in [0.4, 0.5) is 5.82 Å². The first-order valence-corrected chi connectivity index (χ1v) is 5.17. The fourth-order valence-corrected chi connectivity index (χ4v) is 1.79. The number of halogens is 1. The summed E-state index contributed by atoms with van der Waals surface area (Å²) in [5.74, 6) is 0.941. The topological polar surface area (TPSA) is 24.9 Å². The van der Waals surface area contributed by atoms with Crippen LogP contribution in [0, 0.1) is 0 Å². The Kier molecular flexibility index (Phi) is 2.64. The lowest BCUT2D eigenvalue weighted by Gasteiger charge is -2.13. The van der Waals surface area contributed by atoms with Crippen molar-refractivity contribution in [3.63, 3.8) is 0 Å². The van der Waals surface area contributed by atoms with E-state index in [1.165, 1.54) is 0 Å². The van der Waals surface area contributed by atoms with Gasteiger partial charge >= 0.3 is 0 Å². The molecule has 1 N–H and O–H groups in total. The van der Waals surface area contributed by atoms with Crippen molar-refractivity contribution in [2.24, 2.45) is 0 Å². The van der Waals surface area contributed by atoms with Crippen molar-refractivity contribution in [3.05, 3.63) is 35.0 Å². The third kappa shape index (κ3) is 2.10. The van der Waals surface area contributed by atoms with E-state index in [1.54, 1.807) is 6.20 Å². The second-order valence-corrected chi connectivity index (χ2v) is 3.97. The highest BCUT2D eigenvalue weighted by molar-refractivity contribution is 9.10. The van der Waals surface area contributed by atoms with E-state index >= 15 is 0 Å². The van der Waals surface area contributed by atoms with Gasteiger partial charge in [0.05, 0.1) is 4.47 Å². The Morgan fingerprint density at radius 1 is 1.38 bits per heavy atom. The molecular formula is C10H11BrN2. The summed E-state index contributed by atoms with van der Waals surface area (Å²) in [5.41, 5.74) is 0. The minimum Gasteiger partial charge on any atom is -0.366 e. The summed E-state index contributed by atoms with van der Waals surface area (Å²) in [5, 5.41) is 3.39. The van der Waals surface area contributed by atoms with Gasteiger partial charge in [-0.3, -0.25) is 0 Å². The summed E-state index contributed by atoms with van der Waals surface area (Å²) >= 11 is 3.46.